The van der Waals surface area contributed by atoms with E-state index in [0.29, 0.717) is 6.54 Å². The van der Waals surface area contributed by atoms with Crippen LogP contribution in [0.15, 0.2) is 12.1 Å². The molecule has 0 aliphatic heterocycles. The number of nitrogen functional groups attached to an aromatic ring is 1. The number of hydrogen-bond acceptors (Lipinski definition) is 3. The van der Waals surface area contributed by atoms with E-state index in [2.05, 4.69) is 0 Å². The topological polar surface area (TPSA) is 49.6 Å². The molecule has 1 rings (SSSR count). The van der Waals surface area contributed by atoms with Gasteiger partial charge in [-0.2, -0.15) is 0 Å². The van der Waals surface area contributed by atoms with Crippen LogP contribution in [0.2, 0.25) is 0 Å². The fourth-order valence-corrected chi connectivity index (χ4v) is 1.65. The van der Waals surface area contributed by atoms with Crippen LogP contribution < -0.4 is 5.73 Å². The minimum absolute atomic E-state index is 0.0310. The second kappa shape index (κ2) is 6.47. The summed E-state index contributed by atoms with van der Waals surface area (Å²) < 4.78 is 26.6. The zero-order chi connectivity index (χ0) is 14.6. The largest absolute Gasteiger partial charge is 0.394 e. The Balaban J connectivity index is 2.72. The van der Waals surface area contributed by atoms with Gasteiger partial charge < -0.3 is 15.5 Å². The van der Waals surface area contributed by atoms with Gasteiger partial charge in [-0.05, 0) is 39.2 Å². The highest BCUT2D eigenvalue weighted by Crippen LogP contribution is 2.18. The number of amides is 1. The van der Waals surface area contributed by atoms with Crippen LogP contribution >= 0.6 is 0 Å². The number of anilines is 1. The number of rotatable bonds is 5. The molecule has 4 nitrogen and oxygen atoms in total. The first-order valence-electron chi connectivity index (χ1n) is 5.97. The van der Waals surface area contributed by atoms with Crippen molar-refractivity contribution >= 4 is 11.6 Å². The molecule has 106 valence electrons. The third-order valence-electron chi connectivity index (χ3n) is 2.77. The van der Waals surface area contributed by atoms with Gasteiger partial charge in [0, 0.05) is 19.2 Å². The van der Waals surface area contributed by atoms with Crippen molar-refractivity contribution in [3.63, 3.8) is 0 Å². The number of carbonyl (C=O) groups excluding carboxylic acids is 1. The first-order valence-corrected chi connectivity index (χ1v) is 5.97. The van der Waals surface area contributed by atoms with Crippen molar-refractivity contribution in [2.45, 2.75) is 6.42 Å². The molecule has 0 spiro atoms. The number of nitrogens with zero attached hydrogens (tertiary/aromatic N) is 2. The molecule has 0 aliphatic rings. The van der Waals surface area contributed by atoms with Crippen LogP contribution in [0.25, 0.3) is 0 Å². The van der Waals surface area contributed by atoms with Crippen LogP contribution in [0, 0.1) is 11.6 Å². The standard InChI is InChI=1S/C13H19F2N3O/c1-17(2)5-4-6-18(3)13(19)9-7-10(14)12(16)11(15)8-9/h7-8H,4-6,16H2,1-3H3. The summed E-state index contributed by atoms with van der Waals surface area (Å²) in [6.07, 6.45) is 0.787. The Morgan fingerprint density at radius 3 is 2.16 bits per heavy atom. The van der Waals surface area contributed by atoms with Crippen molar-refractivity contribution in [1.82, 2.24) is 9.80 Å². The van der Waals surface area contributed by atoms with E-state index in [4.69, 9.17) is 5.73 Å². The van der Waals surface area contributed by atoms with Crippen molar-refractivity contribution in [2.75, 3.05) is 40.0 Å². The molecule has 1 aromatic rings. The Morgan fingerprint density at radius 1 is 1.16 bits per heavy atom. The number of hydrogen-bond donors (Lipinski definition) is 1. The summed E-state index contributed by atoms with van der Waals surface area (Å²) >= 11 is 0. The highest BCUT2D eigenvalue weighted by Gasteiger charge is 2.16. The van der Waals surface area contributed by atoms with E-state index in [0.717, 1.165) is 25.1 Å². The maximum Gasteiger partial charge on any atom is 0.253 e. The lowest BCUT2D eigenvalue weighted by Gasteiger charge is -2.19. The quantitative estimate of drug-likeness (QED) is 0.827. The van der Waals surface area contributed by atoms with E-state index in [1.165, 1.54) is 4.90 Å². The molecule has 1 amide bonds. The summed E-state index contributed by atoms with van der Waals surface area (Å²) in [5.74, 6) is -2.24. The Hall–Kier alpha value is -1.69. The fraction of sp³-hybridized carbons (Fsp3) is 0.462. The summed E-state index contributed by atoms with van der Waals surface area (Å²) in [5, 5.41) is 0. The molecule has 1 aromatic carbocycles. The average Bonchev–Trinajstić information content (AvgIpc) is 2.33. The fourth-order valence-electron chi connectivity index (χ4n) is 1.65. The van der Waals surface area contributed by atoms with E-state index in [-0.39, 0.29) is 5.56 Å². The molecule has 0 atom stereocenters. The van der Waals surface area contributed by atoms with Gasteiger partial charge in [0.25, 0.3) is 5.91 Å². The maximum absolute atomic E-state index is 13.3. The lowest BCUT2D eigenvalue weighted by Crippen LogP contribution is -2.30. The number of benzene rings is 1. The van der Waals surface area contributed by atoms with Gasteiger partial charge in [0.15, 0.2) is 0 Å². The first kappa shape index (κ1) is 15.4. The van der Waals surface area contributed by atoms with Gasteiger partial charge >= 0.3 is 0 Å². The second-order valence-electron chi connectivity index (χ2n) is 4.74. The Labute approximate surface area is 111 Å². The third kappa shape index (κ3) is 4.17. The van der Waals surface area contributed by atoms with Gasteiger partial charge in [-0.1, -0.05) is 0 Å². The van der Waals surface area contributed by atoms with Crippen molar-refractivity contribution in [3.05, 3.63) is 29.3 Å². The monoisotopic (exact) mass is 271 g/mol. The normalized spacial score (nSPS) is 10.8. The smallest absolute Gasteiger partial charge is 0.253 e. The minimum Gasteiger partial charge on any atom is -0.394 e. The van der Waals surface area contributed by atoms with Gasteiger partial charge in [0.2, 0.25) is 0 Å². The summed E-state index contributed by atoms with van der Waals surface area (Å²) in [4.78, 5) is 15.4. The van der Waals surface area contributed by atoms with Crippen LogP contribution in [-0.2, 0) is 0 Å². The van der Waals surface area contributed by atoms with E-state index in [1.54, 1.807) is 7.05 Å². The second-order valence-corrected chi connectivity index (χ2v) is 4.74. The van der Waals surface area contributed by atoms with Gasteiger partial charge in [-0.25, -0.2) is 8.78 Å². The molecule has 0 aromatic heterocycles. The van der Waals surface area contributed by atoms with Crippen LogP contribution in [0.1, 0.15) is 16.8 Å². The van der Waals surface area contributed by atoms with Crippen LogP contribution in [0.4, 0.5) is 14.5 Å². The van der Waals surface area contributed by atoms with Gasteiger partial charge in [-0.3, -0.25) is 4.79 Å². The number of halogens is 2. The van der Waals surface area contributed by atoms with E-state index in [9.17, 15) is 13.6 Å². The average molecular weight is 271 g/mol. The lowest BCUT2D eigenvalue weighted by molar-refractivity contribution is 0.0789. The molecule has 19 heavy (non-hydrogen) atoms. The predicted octanol–water partition coefficient (Wildman–Crippen LogP) is 1.57. The van der Waals surface area contributed by atoms with Crippen LogP contribution in [-0.4, -0.2) is 49.9 Å². The van der Waals surface area contributed by atoms with Crippen molar-refractivity contribution < 1.29 is 13.6 Å². The van der Waals surface area contributed by atoms with Gasteiger partial charge in [0.1, 0.15) is 17.3 Å². The highest BCUT2D eigenvalue weighted by atomic mass is 19.1. The lowest BCUT2D eigenvalue weighted by atomic mass is 10.1. The Morgan fingerprint density at radius 2 is 1.68 bits per heavy atom. The molecule has 0 aliphatic carbocycles. The SMILES string of the molecule is CN(C)CCCN(C)C(=O)c1cc(F)c(N)c(F)c1. The molecule has 0 radical (unpaired) electrons. The predicted molar refractivity (Wildman–Crippen MR) is 70.9 cm³/mol. The number of nitrogens with two attached hydrogens (primary N) is 1. The van der Waals surface area contributed by atoms with E-state index >= 15 is 0 Å². The van der Waals surface area contributed by atoms with Crippen molar-refractivity contribution in [2.24, 2.45) is 0 Å². The zero-order valence-corrected chi connectivity index (χ0v) is 11.4. The molecule has 0 unspecified atom stereocenters. The zero-order valence-electron chi connectivity index (χ0n) is 11.4. The molecular formula is C13H19F2N3O. The molecule has 0 saturated carbocycles. The summed E-state index contributed by atoms with van der Waals surface area (Å²) in [6.45, 7) is 1.35. The van der Waals surface area contributed by atoms with Crippen LogP contribution in [0.5, 0.6) is 0 Å². The maximum atomic E-state index is 13.3. The van der Waals surface area contributed by atoms with E-state index in [1.807, 2.05) is 19.0 Å². The number of carbonyl (C=O) groups is 1. The van der Waals surface area contributed by atoms with Crippen molar-refractivity contribution in [3.8, 4) is 0 Å². The molecule has 0 heterocycles. The molecular weight excluding hydrogens is 252 g/mol. The van der Waals surface area contributed by atoms with Gasteiger partial charge in [-0.15, -0.1) is 0 Å². The minimum atomic E-state index is -0.912. The summed E-state index contributed by atoms with van der Waals surface area (Å²) in [6, 6.07) is 1.92. The van der Waals surface area contributed by atoms with Crippen molar-refractivity contribution in [1.29, 1.82) is 0 Å². The Kier molecular flexibility index (Phi) is 5.23. The summed E-state index contributed by atoms with van der Waals surface area (Å²) in [5.41, 5.74) is 4.57. The molecule has 6 heteroatoms. The summed E-state index contributed by atoms with van der Waals surface area (Å²) in [7, 11) is 5.48. The first-order chi connectivity index (χ1) is 8.82. The molecule has 0 saturated heterocycles. The Bertz CT molecular complexity index is 440. The van der Waals surface area contributed by atoms with Gasteiger partial charge in [0.05, 0.1) is 0 Å². The molecule has 0 bridgehead atoms. The molecule has 0 fully saturated rings. The van der Waals surface area contributed by atoms with E-state index < -0.39 is 23.2 Å². The molecule has 2 N–H and O–H groups in total. The highest BCUT2D eigenvalue weighted by molar-refractivity contribution is 5.94. The van der Waals surface area contributed by atoms with Crippen LogP contribution in [0.3, 0.4) is 0 Å². The third-order valence-corrected chi connectivity index (χ3v) is 2.77.